The van der Waals surface area contributed by atoms with Crippen molar-refractivity contribution >= 4 is 11.8 Å². The summed E-state index contributed by atoms with van der Waals surface area (Å²) in [5.41, 5.74) is 2.72. The molecule has 1 saturated heterocycles. The number of ether oxygens (including phenoxy) is 3. The van der Waals surface area contributed by atoms with Crippen LogP contribution in [-0.4, -0.2) is 68.2 Å². The van der Waals surface area contributed by atoms with Crippen molar-refractivity contribution in [2.24, 2.45) is 0 Å². The minimum atomic E-state index is -0.432. The molecule has 0 bridgehead atoms. The predicted molar refractivity (Wildman–Crippen MR) is 127 cm³/mol. The van der Waals surface area contributed by atoms with Crippen LogP contribution < -0.4 is 9.47 Å². The van der Waals surface area contributed by atoms with Crippen LogP contribution in [0.3, 0.4) is 0 Å². The molecule has 5 rings (SSSR count). The normalized spacial score (nSPS) is 19.0. The Morgan fingerprint density at radius 1 is 0.971 bits per heavy atom. The van der Waals surface area contributed by atoms with Crippen molar-refractivity contribution in [3.8, 4) is 11.5 Å². The van der Waals surface area contributed by atoms with E-state index < -0.39 is 5.41 Å². The molecule has 3 aliphatic rings. The molecule has 2 aromatic carbocycles. The van der Waals surface area contributed by atoms with Crippen molar-refractivity contribution in [3.05, 3.63) is 59.2 Å². The molecule has 0 spiro atoms. The molecule has 34 heavy (non-hydrogen) atoms. The molecule has 180 valence electrons. The molecule has 1 aliphatic carbocycles. The summed E-state index contributed by atoms with van der Waals surface area (Å²) in [6.45, 7) is 4.14. The Kier molecular flexibility index (Phi) is 6.46. The molecular formula is C27H32N2O5. The molecule has 2 heterocycles. The van der Waals surface area contributed by atoms with Gasteiger partial charge in [-0.25, -0.2) is 0 Å². The first-order chi connectivity index (χ1) is 16.6. The van der Waals surface area contributed by atoms with E-state index in [0.717, 1.165) is 41.0 Å². The summed E-state index contributed by atoms with van der Waals surface area (Å²) in [5, 5.41) is 0. The summed E-state index contributed by atoms with van der Waals surface area (Å²) in [5.74, 6) is 1.96. The number of amides is 2. The van der Waals surface area contributed by atoms with Gasteiger partial charge in [-0.3, -0.25) is 9.59 Å². The van der Waals surface area contributed by atoms with Gasteiger partial charge in [-0.05, 0) is 48.6 Å². The average Bonchev–Trinajstić information content (AvgIpc) is 3.72. The number of methoxy groups -OCH3 is 1. The highest BCUT2D eigenvalue weighted by atomic mass is 16.5. The standard InChI is InChI=1S/C27H32N2O5/c1-32-23-6-4-22(5-7-23)27(10-11-27)26(31)29-14-17-34-24-8-2-20(18-21(24)19-29)3-9-25(30)28-12-15-33-16-13-28/h2,4-8,18H,3,9-17,19H2,1H3. The van der Waals surface area contributed by atoms with Crippen molar-refractivity contribution in [2.75, 3.05) is 46.6 Å². The summed E-state index contributed by atoms with van der Waals surface area (Å²) >= 11 is 0. The van der Waals surface area contributed by atoms with Crippen LogP contribution >= 0.6 is 0 Å². The third-order valence-electron chi connectivity index (χ3n) is 7.19. The zero-order valence-electron chi connectivity index (χ0n) is 19.8. The van der Waals surface area contributed by atoms with E-state index >= 15 is 0 Å². The molecule has 2 fully saturated rings. The van der Waals surface area contributed by atoms with E-state index in [1.807, 2.05) is 46.2 Å². The molecule has 2 aliphatic heterocycles. The second-order valence-electron chi connectivity index (χ2n) is 9.32. The van der Waals surface area contributed by atoms with Gasteiger partial charge in [-0.15, -0.1) is 0 Å². The summed E-state index contributed by atoms with van der Waals surface area (Å²) < 4.78 is 16.6. The minimum absolute atomic E-state index is 0.168. The Bertz CT molecular complexity index is 1040. The second kappa shape index (κ2) is 9.66. The van der Waals surface area contributed by atoms with Crippen LogP contribution in [0, 0.1) is 0 Å². The van der Waals surface area contributed by atoms with E-state index in [-0.39, 0.29) is 11.8 Å². The lowest BCUT2D eigenvalue weighted by molar-refractivity contribution is -0.135. The smallest absolute Gasteiger partial charge is 0.233 e. The number of hydrogen-bond acceptors (Lipinski definition) is 5. The first-order valence-electron chi connectivity index (χ1n) is 12.1. The summed E-state index contributed by atoms with van der Waals surface area (Å²) in [6, 6.07) is 14.0. The van der Waals surface area contributed by atoms with Crippen molar-refractivity contribution < 1.29 is 23.8 Å². The fraction of sp³-hybridized carbons (Fsp3) is 0.481. The molecular weight excluding hydrogens is 432 g/mol. The van der Waals surface area contributed by atoms with Crippen LogP contribution in [0.5, 0.6) is 11.5 Å². The van der Waals surface area contributed by atoms with E-state index in [9.17, 15) is 9.59 Å². The quantitative estimate of drug-likeness (QED) is 0.658. The van der Waals surface area contributed by atoms with Gasteiger partial charge < -0.3 is 24.0 Å². The fourth-order valence-electron chi connectivity index (χ4n) is 4.96. The number of nitrogens with zero attached hydrogens (tertiary/aromatic N) is 2. The SMILES string of the molecule is COc1ccc(C2(C(=O)N3CCOc4ccc(CCC(=O)N5CCOCC5)cc4C3)CC2)cc1. The van der Waals surface area contributed by atoms with Crippen LogP contribution in [-0.2, 0) is 32.7 Å². The van der Waals surface area contributed by atoms with Gasteiger partial charge in [0.15, 0.2) is 0 Å². The molecule has 0 radical (unpaired) electrons. The lowest BCUT2D eigenvalue weighted by Gasteiger charge is -2.27. The van der Waals surface area contributed by atoms with Crippen LogP contribution in [0.15, 0.2) is 42.5 Å². The van der Waals surface area contributed by atoms with Gasteiger partial charge in [0, 0.05) is 31.6 Å². The summed E-state index contributed by atoms with van der Waals surface area (Å²) in [7, 11) is 1.65. The Labute approximate surface area is 200 Å². The van der Waals surface area contributed by atoms with Gasteiger partial charge in [0.2, 0.25) is 11.8 Å². The van der Waals surface area contributed by atoms with Gasteiger partial charge in [0.05, 0.1) is 32.3 Å². The highest BCUT2D eigenvalue weighted by molar-refractivity contribution is 5.91. The van der Waals surface area contributed by atoms with E-state index in [1.165, 1.54) is 0 Å². The Balaban J connectivity index is 1.27. The number of aryl methyl sites for hydroxylation is 1. The van der Waals surface area contributed by atoms with Gasteiger partial charge >= 0.3 is 0 Å². The number of morpholine rings is 1. The first kappa shape index (κ1) is 22.7. The largest absolute Gasteiger partial charge is 0.497 e. The number of carbonyl (C=O) groups is 2. The predicted octanol–water partition coefficient (Wildman–Crippen LogP) is 2.94. The van der Waals surface area contributed by atoms with Crippen molar-refractivity contribution in [3.63, 3.8) is 0 Å². The highest BCUT2D eigenvalue weighted by Crippen LogP contribution is 2.50. The Morgan fingerprint density at radius 2 is 1.71 bits per heavy atom. The maximum absolute atomic E-state index is 13.7. The lowest BCUT2D eigenvalue weighted by atomic mass is 9.94. The highest BCUT2D eigenvalue weighted by Gasteiger charge is 2.53. The number of benzene rings is 2. The average molecular weight is 465 g/mol. The second-order valence-corrected chi connectivity index (χ2v) is 9.32. The lowest BCUT2D eigenvalue weighted by Crippen LogP contribution is -2.40. The Hall–Kier alpha value is -3.06. The zero-order chi connectivity index (χ0) is 23.5. The van der Waals surface area contributed by atoms with E-state index in [2.05, 4.69) is 6.07 Å². The van der Waals surface area contributed by atoms with Gasteiger partial charge in [0.25, 0.3) is 0 Å². The maximum atomic E-state index is 13.7. The third-order valence-corrected chi connectivity index (χ3v) is 7.19. The van der Waals surface area contributed by atoms with Crippen LogP contribution in [0.4, 0.5) is 0 Å². The van der Waals surface area contributed by atoms with Crippen molar-refractivity contribution in [2.45, 2.75) is 37.6 Å². The van der Waals surface area contributed by atoms with Crippen molar-refractivity contribution in [1.82, 2.24) is 9.80 Å². The topological polar surface area (TPSA) is 68.3 Å². The molecule has 2 amide bonds. The number of hydrogen-bond donors (Lipinski definition) is 0. The van der Waals surface area contributed by atoms with Crippen LogP contribution in [0.1, 0.15) is 36.0 Å². The van der Waals surface area contributed by atoms with E-state index in [1.54, 1.807) is 7.11 Å². The molecule has 1 saturated carbocycles. The molecule has 0 N–H and O–H groups in total. The van der Waals surface area contributed by atoms with E-state index in [4.69, 9.17) is 14.2 Å². The van der Waals surface area contributed by atoms with Crippen LogP contribution in [0.25, 0.3) is 0 Å². The fourth-order valence-corrected chi connectivity index (χ4v) is 4.96. The molecule has 7 heteroatoms. The van der Waals surface area contributed by atoms with Crippen molar-refractivity contribution in [1.29, 1.82) is 0 Å². The van der Waals surface area contributed by atoms with Gasteiger partial charge in [-0.2, -0.15) is 0 Å². The molecule has 2 aromatic rings. The first-order valence-corrected chi connectivity index (χ1v) is 12.1. The monoisotopic (exact) mass is 464 g/mol. The summed E-state index contributed by atoms with van der Waals surface area (Å²) in [6.07, 6.45) is 2.88. The number of fused-ring (bicyclic) bond motifs is 1. The maximum Gasteiger partial charge on any atom is 0.233 e. The third kappa shape index (κ3) is 4.62. The molecule has 0 unspecified atom stereocenters. The van der Waals surface area contributed by atoms with Crippen LogP contribution in [0.2, 0.25) is 0 Å². The van der Waals surface area contributed by atoms with E-state index in [0.29, 0.717) is 58.8 Å². The van der Waals surface area contributed by atoms with Gasteiger partial charge in [-0.1, -0.05) is 24.3 Å². The Morgan fingerprint density at radius 3 is 2.41 bits per heavy atom. The minimum Gasteiger partial charge on any atom is -0.497 e. The molecule has 0 atom stereocenters. The number of rotatable bonds is 6. The summed E-state index contributed by atoms with van der Waals surface area (Å²) in [4.78, 5) is 30.0. The number of carbonyl (C=O) groups excluding carboxylic acids is 2. The molecule has 7 nitrogen and oxygen atoms in total. The van der Waals surface area contributed by atoms with Gasteiger partial charge in [0.1, 0.15) is 18.1 Å². The molecule has 0 aromatic heterocycles. The zero-order valence-corrected chi connectivity index (χ0v) is 19.8.